The number of nitro benzene ring substituents is 2. The predicted molar refractivity (Wildman–Crippen MR) is 88.8 cm³/mol. The maximum Gasteiger partial charge on any atom is 0.420 e. The number of nitrogens with zero attached hydrogens (tertiary/aromatic N) is 3. The Bertz CT molecular complexity index is 1030. The minimum atomic E-state index is -5.26. The molecule has 2 aromatic rings. The summed E-state index contributed by atoms with van der Waals surface area (Å²) < 4.78 is 82.2. The zero-order valence-electron chi connectivity index (χ0n) is 14.3. The molecule has 9 nitrogen and oxygen atoms in total. The average molecular weight is 461 g/mol. The highest BCUT2D eigenvalue weighted by atomic mass is 35.5. The average Bonchev–Trinajstić information content (AvgIpc) is 2.60. The van der Waals surface area contributed by atoms with Crippen molar-refractivity contribution >= 4 is 34.5 Å². The Morgan fingerprint density at radius 2 is 1.67 bits per heavy atom. The normalized spacial score (nSPS) is 11.9. The van der Waals surface area contributed by atoms with Crippen LogP contribution in [0.1, 0.15) is 11.1 Å². The SMILES string of the molecule is COc1c(C(F)(F)F)cc([N+](=O)[O-])c(Nc2ncc(C(F)(F)F)cc2Cl)c1[N+](=O)[O-]. The minimum Gasteiger partial charge on any atom is -0.490 e. The molecule has 1 N–H and O–H groups in total. The fourth-order valence-corrected chi connectivity index (χ4v) is 2.51. The highest BCUT2D eigenvalue weighted by Gasteiger charge is 2.44. The van der Waals surface area contributed by atoms with Gasteiger partial charge in [0.25, 0.3) is 0 Å². The van der Waals surface area contributed by atoms with E-state index >= 15 is 0 Å². The molecule has 0 spiro atoms. The van der Waals surface area contributed by atoms with E-state index in [0.717, 1.165) is 0 Å². The van der Waals surface area contributed by atoms with Gasteiger partial charge in [-0.2, -0.15) is 26.3 Å². The zero-order valence-corrected chi connectivity index (χ0v) is 15.0. The largest absolute Gasteiger partial charge is 0.490 e. The minimum absolute atomic E-state index is 0.0217. The molecule has 0 aliphatic heterocycles. The molecule has 0 fully saturated rings. The Labute approximate surface area is 166 Å². The van der Waals surface area contributed by atoms with Gasteiger partial charge >= 0.3 is 23.7 Å². The number of rotatable bonds is 5. The van der Waals surface area contributed by atoms with Crippen molar-refractivity contribution in [2.75, 3.05) is 12.4 Å². The Hall–Kier alpha value is -3.36. The Kier molecular flexibility index (Phi) is 5.97. The van der Waals surface area contributed by atoms with Gasteiger partial charge in [-0.3, -0.25) is 20.2 Å². The van der Waals surface area contributed by atoms with Crippen molar-refractivity contribution in [3.8, 4) is 5.75 Å². The summed E-state index contributed by atoms with van der Waals surface area (Å²) in [4.78, 5) is 23.2. The van der Waals surface area contributed by atoms with Crippen LogP contribution in [0.3, 0.4) is 0 Å². The van der Waals surface area contributed by atoms with Crippen molar-refractivity contribution in [3.05, 3.63) is 54.7 Å². The number of pyridine rings is 1. The fraction of sp³-hybridized carbons (Fsp3) is 0.214. The molecule has 162 valence electrons. The van der Waals surface area contributed by atoms with Crippen LogP contribution in [0, 0.1) is 20.2 Å². The van der Waals surface area contributed by atoms with Crippen molar-refractivity contribution in [1.29, 1.82) is 0 Å². The van der Waals surface area contributed by atoms with Gasteiger partial charge < -0.3 is 10.1 Å². The van der Waals surface area contributed by atoms with E-state index in [4.69, 9.17) is 11.6 Å². The number of anilines is 2. The van der Waals surface area contributed by atoms with Gasteiger partial charge in [0, 0.05) is 12.3 Å². The molecule has 2 rings (SSSR count). The number of nitro groups is 2. The first-order valence-electron chi connectivity index (χ1n) is 7.29. The second-order valence-electron chi connectivity index (χ2n) is 5.39. The van der Waals surface area contributed by atoms with Crippen LogP contribution in [0.4, 0.5) is 49.2 Å². The summed E-state index contributed by atoms with van der Waals surface area (Å²) in [6, 6.07) is 0.349. The lowest BCUT2D eigenvalue weighted by atomic mass is 10.1. The molecule has 0 unspecified atom stereocenters. The summed E-state index contributed by atoms with van der Waals surface area (Å²) in [5.74, 6) is -2.07. The van der Waals surface area contributed by atoms with Crippen LogP contribution in [0.5, 0.6) is 5.75 Å². The summed E-state index contributed by atoms with van der Waals surface area (Å²) in [5, 5.41) is 23.9. The van der Waals surface area contributed by atoms with Gasteiger partial charge in [0.15, 0.2) is 0 Å². The van der Waals surface area contributed by atoms with Gasteiger partial charge in [0.05, 0.1) is 27.5 Å². The number of aromatic nitrogens is 1. The Morgan fingerprint density at radius 3 is 2.07 bits per heavy atom. The van der Waals surface area contributed by atoms with Gasteiger partial charge in [0.1, 0.15) is 11.4 Å². The van der Waals surface area contributed by atoms with Gasteiger partial charge in [0.2, 0.25) is 11.4 Å². The highest BCUT2D eigenvalue weighted by Crippen LogP contribution is 2.50. The van der Waals surface area contributed by atoms with Crippen LogP contribution in [0.2, 0.25) is 5.02 Å². The number of halogens is 7. The molecule has 16 heteroatoms. The van der Waals surface area contributed by atoms with E-state index < -0.39 is 67.0 Å². The molecule has 0 saturated carbocycles. The van der Waals surface area contributed by atoms with Crippen molar-refractivity contribution in [1.82, 2.24) is 4.98 Å². The lowest BCUT2D eigenvalue weighted by Gasteiger charge is -2.16. The summed E-state index contributed by atoms with van der Waals surface area (Å²) in [7, 11) is 0.663. The van der Waals surface area contributed by atoms with Crippen molar-refractivity contribution in [2.45, 2.75) is 12.4 Å². The maximum absolute atomic E-state index is 13.2. The molecule has 1 heterocycles. The quantitative estimate of drug-likeness (QED) is 0.363. The molecular weight excluding hydrogens is 454 g/mol. The molecule has 0 bridgehead atoms. The number of ether oxygens (including phenoxy) is 1. The predicted octanol–water partition coefficient (Wildman–Crippen LogP) is 5.34. The topological polar surface area (TPSA) is 120 Å². The zero-order chi connectivity index (χ0) is 23.0. The van der Waals surface area contributed by atoms with Gasteiger partial charge in [-0.05, 0) is 6.07 Å². The molecule has 0 amide bonds. The van der Waals surface area contributed by atoms with Gasteiger partial charge in [-0.25, -0.2) is 4.98 Å². The van der Waals surface area contributed by atoms with E-state index in [1.54, 1.807) is 0 Å². The summed E-state index contributed by atoms with van der Waals surface area (Å²) >= 11 is 5.65. The Morgan fingerprint density at radius 1 is 1.07 bits per heavy atom. The summed E-state index contributed by atoms with van der Waals surface area (Å²) in [6.45, 7) is 0. The first-order valence-corrected chi connectivity index (χ1v) is 7.67. The van der Waals surface area contributed by atoms with E-state index in [1.165, 1.54) is 0 Å². The molecule has 1 aromatic carbocycles. The number of alkyl halides is 6. The molecule has 0 aliphatic rings. The van der Waals surface area contributed by atoms with E-state index in [2.05, 4.69) is 9.72 Å². The molecular formula is C14H7ClF6N4O5. The second-order valence-corrected chi connectivity index (χ2v) is 5.80. The summed E-state index contributed by atoms with van der Waals surface area (Å²) in [5.41, 5.74) is -7.12. The lowest BCUT2D eigenvalue weighted by molar-refractivity contribution is -0.393. The van der Waals surface area contributed by atoms with E-state index in [-0.39, 0.29) is 12.3 Å². The van der Waals surface area contributed by atoms with Gasteiger partial charge in [-0.15, -0.1) is 0 Å². The molecule has 0 saturated heterocycles. The molecule has 30 heavy (non-hydrogen) atoms. The first-order chi connectivity index (χ1) is 13.7. The van der Waals surface area contributed by atoms with E-state index in [1.807, 2.05) is 5.32 Å². The van der Waals surface area contributed by atoms with Crippen molar-refractivity contribution in [2.24, 2.45) is 0 Å². The number of benzene rings is 1. The highest BCUT2D eigenvalue weighted by molar-refractivity contribution is 6.33. The smallest absolute Gasteiger partial charge is 0.420 e. The monoisotopic (exact) mass is 460 g/mol. The number of hydrogen-bond donors (Lipinski definition) is 1. The maximum atomic E-state index is 13.2. The third-order valence-electron chi connectivity index (χ3n) is 3.53. The van der Waals surface area contributed by atoms with E-state index in [0.29, 0.717) is 13.2 Å². The van der Waals surface area contributed by atoms with Crippen LogP contribution in [-0.4, -0.2) is 21.9 Å². The van der Waals surface area contributed by atoms with Crippen LogP contribution in [0.25, 0.3) is 0 Å². The first kappa shape index (κ1) is 22.9. The third kappa shape index (κ3) is 4.45. The molecule has 0 aliphatic carbocycles. The van der Waals surface area contributed by atoms with E-state index in [9.17, 15) is 46.6 Å². The number of nitrogens with one attached hydrogen (secondary N) is 1. The van der Waals surface area contributed by atoms with Crippen LogP contribution >= 0.6 is 11.6 Å². The second kappa shape index (κ2) is 7.81. The number of hydrogen-bond acceptors (Lipinski definition) is 7. The Balaban J connectivity index is 2.79. The molecule has 0 atom stereocenters. The summed E-state index contributed by atoms with van der Waals surface area (Å²) in [6.07, 6.45) is -9.83. The molecule has 1 aromatic heterocycles. The van der Waals surface area contributed by atoms with Crippen molar-refractivity contribution in [3.63, 3.8) is 0 Å². The molecule has 0 radical (unpaired) electrons. The lowest BCUT2D eigenvalue weighted by Crippen LogP contribution is -2.13. The van der Waals surface area contributed by atoms with Crippen LogP contribution < -0.4 is 10.1 Å². The van der Waals surface area contributed by atoms with Crippen LogP contribution in [-0.2, 0) is 12.4 Å². The van der Waals surface area contributed by atoms with Crippen LogP contribution in [0.15, 0.2) is 18.3 Å². The standard InChI is InChI=1S/C14H7ClF6N4O5/c1-30-11-6(14(19,20)21)3-8(24(26)27)9(10(11)25(28)29)23-12-7(15)2-5(4-22-12)13(16,17)18/h2-4H,1H3,(H,22,23). The third-order valence-corrected chi connectivity index (χ3v) is 3.82. The number of methoxy groups -OCH3 is 1. The fourth-order valence-electron chi connectivity index (χ4n) is 2.30. The van der Waals surface area contributed by atoms with Crippen molar-refractivity contribution < 1.29 is 40.9 Å². The van der Waals surface area contributed by atoms with Gasteiger partial charge in [-0.1, -0.05) is 11.6 Å².